The van der Waals surface area contributed by atoms with Crippen LogP contribution < -0.4 is 0 Å². The van der Waals surface area contributed by atoms with E-state index in [2.05, 4.69) is 0 Å². The van der Waals surface area contributed by atoms with Gasteiger partial charge in [-0.1, -0.05) is 18.2 Å². The molecule has 0 amide bonds. The number of carboxylic acid groups (broad SMARTS) is 1. The molecule has 0 saturated heterocycles. The van der Waals surface area contributed by atoms with Gasteiger partial charge in [-0.25, -0.2) is 4.79 Å². The van der Waals surface area contributed by atoms with Crippen LogP contribution >= 0.6 is 22.6 Å². The van der Waals surface area contributed by atoms with Gasteiger partial charge in [-0.2, -0.15) is 0 Å². The lowest BCUT2D eigenvalue weighted by atomic mass is 9.93. The second-order valence-electron chi connectivity index (χ2n) is 3.38. The van der Waals surface area contributed by atoms with E-state index in [9.17, 15) is 15.0 Å². The Kier molecular flexibility index (Phi) is 3.69. The number of carbonyl (C=O) groups is 1. The first-order chi connectivity index (χ1) is 6.87. The average Bonchev–Trinajstić information content (AvgIpc) is 2.17. The number of aliphatic hydroxyl groups is 2. The van der Waals surface area contributed by atoms with Crippen molar-refractivity contribution in [3.63, 3.8) is 0 Å². The van der Waals surface area contributed by atoms with Gasteiger partial charge in [0.2, 0.25) is 0 Å². The summed E-state index contributed by atoms with van der Waals surface area (Å²) < 4.78 is 0.712. The Hall–Kier alpha value is -0.660. The maximum absolute atomic E-state index is 10.7. The first-order valence-electron chi connectivity index (χ1n) is 4.25. The van der Waals surface area contributed by atoms with Crippen molar-refractivity contribution in [2.45, 2.75) is 18.6 Å². The minimum atomic E-state index is -2.18. The summed E-state index contributed by atoms with van der Waals surface area (Å²) in [4.78, 5) is 10.7. The van der Waals surface area contributed by atoms with Gasteiger partial charge in [0.25, 0.3) is 0 Å². The van der Waals surface area contributed by atoms with Gasteiger partial charge in [-0.05, 0) is 41.1 Å². The Balaban J connectivity index is 3.10. The van der Waals surface area contributed by atoms with E-state index in [4.69, 9.17) is 5.11 Å². The van der Waals surface area contributed by atoms with Gasteiger partial charge < -0.3 is 15.3 Å². The normalized spacial score (nSPS) is 16.8. The minimum Gasteiger partial charge on any atom is -0.479 e. The molecule has 1 aromatic rings. The molecule has 0 aliphatic rings. The molecule has 82 valence electrons. The summed E-state index contributed by atoms with van der Waals surface area (Å²) in [6, 6.07) is 6.77. The highest BCUT2D eigenvalue weighted by Gasteiger charge is 2.40. The number of rotatable bonds is 3. The Morgan fingerprint density at radius 2 is 2.00 bits per heavy atom. The highest BCUT2D eigenvalue weighted by atomic mass is 127. The van der Waals surface area contributed by atoms with Crippen LogP contribution in [0.25, 0.3) is 0 Å². The number of halogens is 1. The Labute approximate surface area is 101 Å². The lowest BCUT2D eigenvalue weighted by molar-refractivity contribution is -0.169. The molecule has 1 rings (SSSR count). The molecule has 0 spiro atoms. The summed E-state index contributed by atoms with van der Waals surface area (Å²) in [5.74, 6) is -1.45. The largest absolute Gasteiger partial charge is 0.479 e. The fourth-order valence-electron chi connectivity index (χ4n) is 1.12. The summed E-state index contributed by atoms with van der Waals surface area (Å²) in [6.07, 6.45) is -1.44. The van der Waals surface area contributed by atoms with E-state index in [0.717, 1.165) is 6.92 Å². The van der Waals surface area contributed by atoms with E-state index < -0.39 is 17.7 Å². The summed E-state index contributed by atoms with van der Waals surface area (Å²) >= 11 is 1.97. The monoisotopic (exact) mass is 322 g/mol. The van der Waals surface area contributed by atoms with E-state index in [0.29, 0.717) is 9.13 Å². The van der Waals surface area contributed by atoms with Gasteiger partial charge >= 0.3 is 5.97 Å². The van der Waals surface area contributed by atoms with Crippen LogP contribution in [0, 0.1) is 3.57 Å². The second kappa shape index (κ2) is 4.46. The fraction of sp³-hybridized carbons (Fsp3) is 0.300. The third kappa shape index (κ3) is 2.47. The van der Waals surface area contributed by atoms with E-state index >= 15 is 0 Å². The third-order valence-electron chi connectivity index (χ3n) is 2.17. The summed E-state index contributed by atoms with van der Waals surface area (Å²) in [5, 5.41) is 28.1. The maximum Gasteiger partial charge on any atom is 0.338 e. The molecule has 0 fully saturated rings. The quantitative estimate of drug-likeness (QED) is 0.730. The van der Waals surface area contributed by atoms with Crippen molar-refractivity contribution in [3.05, 3.63) is 33.4 Å². The molecule has 0 saturated carbocycles. The standard InChI is InChI=1S/C10H11IO4/c1-10(15,9(13)14)8(12)6-4-2-3-5-7(6)11/h2-5,8,12,15H,1H3,(H,13,14)/t8-,10+/m0/s1. The van der Waals surface area contributed by atoms with Crippen molar-refractivity contribution in [3.8, 4) is 0 Å². The van der Waals surface area contributed by atoms with Crippen molar-refractivity contribution in [1.29, 1.82) is 0 Å². The van der Waals surface area contributed by atoms with Crippen molar-refractivity contribution in [2.75, 3.05) is 0 Å². The van der Waals surface area contributed by atoms with Gasteiger partial charge in [0.15, 0.2) is 5.60 Å². The molecular weight excluding hydrogens is 311 g/mol. The van der Waals surface area contributed by atoms with Crippen LogP contribution in [0.5, 0.6) is 0 Å². The first kappa shape index (κ1) is 12.4. The van der Waals surface area contributed by atoms with Crippen molar-refractivity contribution >= 4 is 28.6 Å². The topological polar surface area (TPSA) is 77.8 Å². The van der Waals surface area contributed by atoms with Crippen molar-refractivity contribution in [1.82, 2.24) is 0 Å². The second-order valence-corrected chi connectivity index (χ2v) is 4.54. The molecule has 0 heterocycles. The zero-order valence-corrected chi connectivity index (χ0v) is 10.2. The zero-order valence-electron chi connectivity index (χ0n) is 8.01. The van der Waals surface area contributed by atoms with Gasteiger partial charge in [0, 0.05) is 3.57 Å². The molecule has 15 heavy (non-hydrogen) atoms. The molecule has 4 nitrogen and oxygen atoms in total. The number of hydrogen-bond acceptors (Lipinski definition) is 3. The van der Waals surface area contributed by atoms with E-state index in [1.54, 1.807) is 24.3 Å². The number of aliphatic hydroxyl groups excluding tert-OH is 1. The first-order valence-corrected chi connectivity index (χ1v) is 5.33. The highest BCUT2D eigenvalue weighted by molar-refractivity contribution is 14.1. The Bertz CT molecular complexity index is 375. The number of benzene rings is 1. The van der Waals surface area contributed by atoms with E-state index in [1.807, 2.05) is 22.6 Å². The average molecular weight is 322 g/mol. The van der Waals surface area contributed by atoms with Crippen LogP contribution in [0.2, 0.25) is 0 Å². The summed E-state index contributed by atoms with van der Waals surface area (Å²) in [6.45, 7) is 1.07. The molecule has 0 unspecified atom stereocenters. The van der Waals surface area contributed by atoms with Crippen LogP contribution in [0.3, 0.4) is 0 Å². The van der Waals surface area contributed by atoms with Gasteiger partial charge in [0.05, 0.1) is 0 Å². The molecule has 3 N–H and O–H groups in total. The van der Waals surface area contributed by atoms with Gasteiger partial charge in [0.1, 0.15) is 6.10 Å². The van der Waals surface area contributed by atoms with E-state index in [-0.39, 0.29) is 0 Å². The smallest absolute Gasteiger partial charge is 0.338 e. The van der Waals surface area contributed by atoms with Gasteiger partial charge in [-0.3, -0.25) is 0 Å². The molecule has 0 radical (unpaired) electrons. The number of hydrogen-bond donors (Lipinski definition) is 3. The lowest BCUT2D eigenvalue weighted by Crippen LogP contribution is -2.41. The van der Waals surface area contributed by atoms with Crippen molar-refractivity contribution < 1.29 is 20.1 Å². The van der Waals surface area contributed by atoms with Crippen LogP contribution in [0.1, 0.15) is 18.6 Å². The van der Waals surface area contributed by atoms with E-state index in [1.165, 1.54) is 0 Å². The number of aliphatic carboxylic acids is 1. The molecular formula is C10H11IO4. The Morgan fingerprint density at radius 3 is 2.47 bits per heavy atom. The van der Waals surface area contributed by atoms with Crippen LogP contribution in [-0.4, -0.2) is 26.9 Å². The third-order valence-corrected chi connectivity index (χ3v) is 3.15. The molecule has 0 bridgehead atoms. The molecule has 1 aromatic carbocycles. The minimum absolute atomic E-state index is 0.408. The predicted octanol–water partition coefficient (Wildman–Crippen LogP) is 1.16. The molecule has 2 atom stereocenters. The van der Waals surface area contributed by atoms with Crippen LogP contribution in [0.4, 0.5) is 0 Å². The fourth-order valence-corrected chi connectivity index (χ4v) is 1.80. The SMILES string of the molecule is C[C@](O)(C(=O)O)[C@@H](O)c1ccccc1I. The Morgan fingerprint density at radius 1 is 1.47 bits per heavy atom. The van der Waals surface area contributed by atoms with Crippen LogP contribution in [-0.2, 0) is 4.79 Å². The zero-order chi connectivity index (χ0) is 11.6. The maximum atomic E-state index is 10.7. The molecule has 0 aliphatic heterocycles. The summed E-state index contributed by atoms with van der Waals surface area (Å²) in [5.41, 5.74) is -1.77. The van der Waals surface area contributed by atoms with Crippen LogP contribution in [0.15, 0.2) is 24.3 Å². The molecule has 0 aliphatic carbocycles. The predicted molar refractivity (Wildman–Crippen MR) is 62.4 cm³/mol. The summed E-state index contributed by atoms with van der Waals surface area (Å²) in [7, 11) is 0. The molecule has 0 aromatic heterocycles. The number of carboxylic acids is 1. The van der Waals surface area contributed by atoms with Gasteiger partial charge in [-0.15, -0.1) is 0 Å². The van der Waals surface area contributed by atoms with Crippen molar-refractivity contribution in [2.24, 2.45) is 0 Å². The lowest BCUT2D eigenvalue weighted by Gasteiger charge is -2.25. The highest BCUT2D eigenvalue weighted by Crippen LogP contribution is 2.29. The molecule has 5 heteroatoms.